The second kappa shape index (κ2) is 6.02. The summed E-state index contributed by atoms with van der Waals surface area (Å²) in [5.74, 6) is 0.882. The van der Waals surface area contributed by atoms with Gasteiger partial charge in [0.1, 0.15) is 0 Å². The maximum absolute atomic E-state index is 3.86. The highest BCUT2D eigenvalue weighted by Crippen LogP contribution is 2.24. The van der Waals surface area contributed by atoms with Gasteiger partial charge < -0.3 is 10.6 Å². The van der Waals surface area contributed by atoms with E-state index in [2.05, 4.69) is 24.5 Å². The van der Waals surface area contributed by atoms with E-state index in [-0.39, 0.29) is 0 Å². The van der Waals surface area contributed by atoms with Crippen LogP contribution in [-0.2, 0) is 0 Å². The van der Waals surface area contributed by atoms with Crippen LogP contribution in [-0.4, -0.2) is 24.7 Å². The predicted molar refractivity (Wildman–Crippen MR) is 69.7 cm³/mol. The molecule has 2 rings (SSSR count). The quantitative estimate of drug-likeness (QED) is 0.767. The third-order valence-corrected chi connectivity index (χ3v) is 4.41. The minimum Gasteiger partial charge on any atom is -0.314 e. The molecule has 2 fully saturated rings. The first kappa shape index (κ1) is 12.4. The van der Waals surface area contributed by atoms with Crippen molar-refractivity contribution in [2.75, 3.05) is 6.54 Å². The Morgan fingerprint density at radius 1 is 1.19 bits per heavy atom. The van der Waals surface area contributed by atoms with Crippen LogP contribution in [0.3, 0.4) is 0 Å². The largest absolute Gasteiger partial charge is 0.314 e. The van der Waals surface area contributed by atoms with Crippen molar-refractivity contribution in [1.82, 2.24) is 10.6 Å². The molecular weight excluding hydrogens is 196 g/mol. The molecule has 4 unspecified atom stereocenters. The predicted octanol–water partition coefficient (Wildman–Crippen LogP) is 2.69. The maximum Gasteiger partial charge on any atom is 0.00951 e. The van der Waals surface area contributed by atoms with E-state index >= 15 is 0 Å². The van der Waals surface area contributed by atoms with Gasteiger partial charge in [-0.1, -0.05) is 19.8 Å². The molecule has 0 bridgehead atoms. The van der Waals surface area contributed by atoms with E-state index in [4.69, 9.17) is 0 Å². The highest BCUT2D eigenvalue weighted by atomic mass is 15.0. The number of nitrogens with one attached hydrogen (secondary N) is 2. The third kappa shape index (κ3) is 3.46. The lowest BCUT2D eigenvalue weighted by Crippen LogP contribution is -2.44. The summed E-state index contributed by atoms with van der Waals surface area (Å²) in [4.78, 5) is 0. The molecule has 4 atom stereocenters. The summed E-state index contributed by atoms with van der Waals surface area (Å²) >= 11 is 0. The zero-order chi connectivity index (χ0) is 11.4. The summed E-state index contributed by atoms with van der Waals surface area (Å²) in [6.45, 7) is 6.01. The van der Waals surface area contributed by atoms with Crippen LogP contribution in [0.2, 0.25) is 0 Å². The topological polar surface area (TPSA) is 24.1 Å². The number of hydrogen-bond acceptors (Lipinski definition) is 2. The normalized spacial score (nSPS) is 37.5. The van der Waals surface area contributed by atoms with Gasteiger partial charge in [0.15, 0.2) is 0 Å². The lowest BCUT2D eigenvalue weighted by Gasteiger charge is -2.33. The molecule has 0 amide bonds. The van der Waals surface area contributed by atoms with Crippen LogP contribution >= 0.6 is 0 Å². The van der Waals surface area contributed by atoms with Crippen LogP contribution in [0.5, 0.6) is 0 Å². The van der Waals surface area contributed by atoms with Crippen molar-refractivity contribution in [2.24, 2.45) is 5.92 Å². The molecule has 1 saturated carbocycles. The van der Waals surface area contributed by atoms with Crippen LogP contribution in [0.15, 0.2) is 0 Å². The van der Waals surface area contributed by atoms with Crippen molar-refractivity contribution in [3.8, 4) is 0 Å². The Morgan fingerprint density at radius 3 is 2.69 bits per heavy atom. The average molecular weight is 224 g/mol. The van der Waals surface area contributed by atoms with Gasteiger partial charge in [-0.25, -0.2) is 0 Å². The molecule has 0 aromatic rings. The van der Waals surface area contributed by atoms with Crippen molar-refractivity contribution in [2.45, 2.75) is 76.9 Å². The van der Waals surface area contributed by atoms with Gasteiger partial charge >= 0.3 is 0 Å². The second-order valence-corrected chi connectivity index (χ2v) is 5.96. The van der Waals surface area contributed by atoms with E-state index in [1.807, 2.05) is 0 Å². The second-order valence-electron chi connectivity index (χ2n) is 5.96. The molecule has 0 radical (unpaired) electrons. The summed E-state index contributed by atoms with van der Waals surface area (Å²) in [5, 5.41) is 7.45. The molecule has 1 aliphatic carbocycles. The van der Waals surface area contributed by atoms with Gasteiger partial charge in [0.2, 0.25) is 0 Å². The zero-order valence-electron chi connectivity index (χ0n) is 11.0. The van der Waals surface area contributed by atoms with E-state index in [1.165, 1.54) is 51.5 Å². The molecule has 16 heavy (non-hydrogen) atoms. The van der Waals surface area contributed by atoms with Gasteiger partial charge in [-0.3, -0.25) is 0 Å². The lowest BCUT2D eigenvalue weighted by molar-refractivity contribution is 0.253. The van der Waals surface area contributed by atoms with Crippen LogP contribution in [0.4, 0.5) is 0 Å². The fourth-order valence-electron chi connectivity index (χ4n) is 3.38. The minimum atomic E-state index is 0.682. The SMILES string of the molecule is CC(CC1CCCN1)NC1CCCCC1C. The Balaban J connectivity index is 1.70. The summed E-state index contributed by atoms with van der Waals surface area (Å²) in [5.41, 5.74) is 0. The molecule has 1 aliphatic heterocycles. The van der Waals surface area contributed by atoms with Crippen molar-refractivity contribution in [3.63, 3.8) is 0 Å². The monoisotopic (exact) mass is 224 g/mol. The van der Waals surface area contributed by atoms with Crippen LogP contribution in [0.25, 0.3) is 0 Å². The first-order chi connectivity index (χ1) is 7.75. The molecule has 2 heteroatoms. The Hall–Kier alpha value is -0.0800. The van der Waals surface area contributed by atoms with E-state index < -0.39 is 0 Å². The Bertz CT molecular complexity index is 199. The van der Waals surface area contributed by atoms with E-state index in [9.17, 15) is 0 Å². The first-order valence-corrected chi connectivity index (χ1v) is 7.25. The molecule has 0 aromatic heterocycles. The molecule has 0 aromatic carbocycles. The summed E-state index contributed by atoms with van der Waals surface area (Å²) < 4.78 is 0. The lowest BCUT2D eigenvalue weighted by atomic mass is 9.85. The van der Waals surface area contributed by atoms with Crippen LogP contribution in [0.1, 0.15) is 58.8 Å². The molecule has 0 spiro atoms. The highest BCUT2D eigenvalue weighted by molar-refractivity contribution is 4.84. The Labute approximate surface area is 101 Å². The third-order valence-electron chi connectivity index (χ3n) is 4.41. The fraction of sp³-hybridized carbons (Fsp3) is 1.00. The van der Waals surface area contributed by atoms with E-state index in [0.29, 0.717) is 6.04 Å². The first-order valence-electron chi connectivity index (χ1n) is 7.25. The van der Waals surface area contributed by atoms with Gasteiger partial charge in [-0.05, 0) is 51.5 Å². The van der Waals surface area contributed by atoms with Gasteiger partial charge in [0, 0.05) is 18.1 Å². The summed E-state index contributed by atoms with van der Waals surface area (Å²) in [7, 11) is 0. The van der Waals surface area contributed by atoms with Gasteiger partial charge in [-0.15, -0.1) is 0 Å². The standard InChI is InChI=1S/C14H28N2/c1-11-6-3-4-8-14(11)16-12(2)10-13-7-5-9-15-13/h11-16H,3-10H2,1-2H3. The van der Waals surface area contributed by atoms with Crippen LogP contribution < -0.4 is 10.6 Å². The molecule has 94 valence electrons. The Kier molecular flexibility index (Phi) is 4.66. The van der Waals surface area contributed by atoms with Crippen molar-refractivity contribution in [3.05, 3.63) is 0 Å². The fourth-order valence-corrected chi connectivity index (χ4v) is 3.38. The number of hydrogen-bond donors (Lipinski definition) is 2. The summed E-state index contributed by atoms with van der Waals surface area (Å²) in [6, 6.07) is 2.24. The van der Waals surface area contributed by atoms with Gasteiger partial charge in [-0.2, -0.15) is 0 Å². The van der Waals surface area contributed by atoms with Gasteiger partial charge in [0.25, 0.3) is 0 Å². The molecule has 1 saturated heterocycles. The highest BCUT2D eigenvalue weighted by Gasteiger charge is 2.24. The molecular formula is C14H28N2. The van der Waals surface area contributed by atoms with E-state index in [0.717, 1.165) is 18.0 Å². The van der Waals surface area contributed by atoms with Gasteiger partial charge in [0.05, 0.1) is 0 Å². The molecule has 2 nitrogen and oxygen atoms in total. The van der Waals surface area contributed by atoms with Crippen molar-refractivity contribution in [1.29, 1.82) is 0 Å². The number of rotatable bonds is 4. The maximum atomic E-state index is 3.86. The van der Waals surface area contributed by atoms with Crippen LogP contribution in [0, 0.1) is 5.92 Å². The molecule has 1 heterocycles. The van der Waals surface area contributed by atoms with Crippen molar-refractivity contribution < 1.29 is 0 Å². The molecule has 2 N–H and O–H groups in total. The average Bonchev–Trinajstić information content (AvgIpc) is 2.74. The Morgan fingerprint density at radius 2 is 2.00 bits per heavy atom. The molecule has 2 aliphatic rings. The minimum absolute atomic E-state index is 0.682. The van der Waals surface area contributed by atoms with Crippen molar-refractivity contribution >= 4 is 0 Å². The summed E-state index contributed by atoms with van der Waals surface area (Å²) in [6.07, 6.45) is 9.75. The smallest absolute Gasteiger partial charge is 0.00951 e. The zero-order valence-corrected chi connectivity index (χ0v) is 11.0. The van der Waals surface area contributed by atoms with E-state index in [1.54, 1.807) is 0 Å².